The average molecular weight is 275 g/mol. The predicted molar refractivity (Wildman–Crippen MR) is 74.0 cm³/mol. The fourth-order valence-corrected chi connectivity index (χ4v) is 1.84. The maximum absolute atomic E-state index is 13.2. The van der Waals surface area contributed by atoms with Crippen LogP contribution in [0.1, 0.15) is 28.9 Å². The van der Waals surface area contributed by atoms with Crippen molar-refractivity contribution in [2.45, 2.75) is 13.0 Å². The number of halogens is 1. The Kier molecular flexibility index (Phi) is 3.84. The summed E-state index contributed by atoms with van der Waals surface area (Å²) in [5.41, 5.74) is 6.51. The molecule has 1 atom stereocenters. The van der Waals surface area contributed by atoms with Crippen LogP contribution in [0.15, 0.2) is 36.5 Å². The average Bonchev–Trinajstić information content (AvgIpc) is 2.40. The van der Waals surface area contributed by atoms with Crippen LogP contribution in [0.3, 0.4) is 0 Å². The number of nitrogens with one attached hydrogen (secondary N) is 1. The summed E-state index contributed by atoms with van der Waals surface area (Å²) < 4.78 is 13.2. The monoisotopic (exact) mass is 275 g/mol. The molecule has 4 N–H and O–H groups in total. The van der Waals surface area contributed by atoms with Crippen LogP contribution in [-0.2, 0) is 0 Å². The Hall–Kier alpha value is -2.63. The van der Waals surface area contributed by atoms with Crippen molar-refractivity contribution in [1.29, 1.82) is 0 Å². The van der Waals surface area contributed by atoms with Gasteiger partial charge in [-0.3, -0.25) is 0 Å². The third kappa shape index (κ3) is 2.85. The van der Waals surface area contributed by atoms with Crippen LogP contribution >= 0.6 is 0 Å². The highest BCUT2D eigenvalue weighted by Gasteiger charge is 2.14. The number of aromatic carboxylic acids is 1. The first-order valence-corrected chi connectivity index (χ1v) is 5.99. The lowest BCUT2D eigenvalue weighted by Crippen LogP contribution is -2.12. The molecule has 1 heterocycles. The van der Waals surface area contributed by atoms with Gasteiger partial charge >= 0.3 is 5.97 Å². The van der Waals surface area contributed by atoms with E-state index in [9.17, 15) is 9.18 Å². The zero-order valence-corrected chi connectivity index (χ0v) is 10.8. The lowest BCUT2D eigenvalue weighted by Gasteiger charge is -2.17. The van der Waals surface area contributed by atoms with E-state index >= 15 is 0 Å². The zero-order chi connectivity index (χ0) is 14.7. The Morgan fingerprint density at radius 3 is 2.85 bits per heavy atom. The van der Waals surface area contributed by atoms with Gasteiger partial charge in [-0.2, -0.15) is 0 Å². The molecule has 0 saturated carbocycles. The second-order valence-electron chi connectivity index (χ2n) is 4.35. The number of pyridine rings is 1. The Labute approximate surface area is 115 Å². The Balaban J connectivity index is 2.26. The number of nitrogens with zero attached hydrogens (tertiary/aromatic N) is 1. The number of carbonyl (C=O) groups is 1. The molecular formula is C14H14FN3O2. The Bertz CT molecular complexity index is 646. The molecule has 0 aliphatic carbocycles. The number of benzene rings is 1. The summed E-state index contributed by atoms with van der Waals surface area (Å²) in [6.45, 7) is 1.81. The number of carboxylic acid groups (broad SMARTS) is 1. The van der Waals surface area contributed by atoms with Crippen molar-refractivity contribution in [3.05, 3.63) is 53.5 Å². The number of carboxylic acids is 1. The lowest BCUT2D eigenvalue weighted by molar-refractivity contribution is 0.0698. The van der Waals surface area contributed by atoms with Crippen molar-refractivity contribution in [3.63, 3.8) is 0 Å². The fourth-order valence-electron chi connectivity index (χ4n) is 1.84. The Morgan fingerprint density at radius 2 is 2.20 bits per heavy atom. The molecule has 20 heavy (non-hydrogen) atoms. The van der Waals surface area contributed by atoms with Gasteiger partial charge < -0.3 is 16.2 Å². The molecule has 0 radical (unpaired) electrons. The van der Waals surface area contributed by atoms with E-state index in [1.807, 2.05) is 6.92 Å². The first-order valence-electron chi connectivity index (χ1n) is 5.99. The lowest BCUT2D eigenvalue weighted by atomic mass is 10.1. The van der Waals surface area contributed by atoms with E-state index in [1.54, 1.807) is 12.1 Å². The smallest absolute Gasteiger partial charge is 0.337 e. The van der Waals surface area contributed by atoms with Gasteiger partial charge in [-0.05, 0) is 30.7 Å². The van der Waals surface area contributed by atoms with Crippen LogP contribution in [-0.4, -0.2) is 16.1 Å². The van der Waals surface area contributed by atoms with Gasteiger partial charge in [0.1, 0.15) is 5.82 Å². The van der Waals surface area contributed by atoms with E-state index in [4.69, 9.17) is 10.8 Å². The van der Waals surface area contributed by atoms with Gasteiger partial charge in [-0.1, -0.05) is 12.1 Å². The predicted octanol–water partition coefficient (Wildman–Crippen LogP) is 2.67. The second kappa shape index (κ2) is 5.56. The molecule has 0 fully saturated rings. The number of rotatable bonds is 4. The first-order chi connectivity index (χ1) is 9.49. The van der Waals surface area contributed by atoms with E-state index in [1.165, 1.54) is 24.4 Å². The molecule has 2 rings (SSSR count). The van der Waals surface area contributed by atoms with Crippen LogP contribution in [0.4, 0.5) is 15.9 Å². The Morgan fingerprint density at radius 1 is 1.45 bits per heavy atom. The summed E-state index contributed by atoms with van der Waals surface area (Å²) in [5, 5.41) is 12.0. The number of nitrogen functional groups attached to an aromatic ring is 1. The van der Waals surface area contributed by atoms with Gasteiger partial charge in [-0.25, -0.2) is 14.2 Å². The van der Waals surface area contributed by atoms with Crippen LogP contribution in [0.5, 0.6) is 0 Å². The topological polar surface area (TPSA) is 88.2 Å². The van der Waals surface area contributed by atoms with Gasteiger partial charge in [0.25, 0.3) is 0 Å². The van der Waals surface area contributed by atoms with E-state index in [-0.39, 0.29) is 28.9 Å². The van der Waals surface area contributed by atoms with Crippen molar-refractivity contribution in [3.8, 4) is 0 Å². The quantitative estimate of drug-likeness (QED) is 0.798. The minimum atomic E-state index is -1.12. The first kappa shape index (κ1) is 13.8. The van der Waals surface area contributed by atoms with Crippen molar-refractivity contribution in [1.82, 2.24) is 4.98 Å². The highest BCUT2D eigenvalue weighted by atomic mass is 19.1. The number of aromatic nitrogens is 1. The molecule has 0 saturated heterocycles. The molecule has 0 amide bonds. The number of anilines is 2. The van der Waals surface area contributed by atoms with Gasteiger partial charge in [0.2, 0.25) is 0 Å². The third-order valence-electron chi connectivity index (χ3n) is 2.92. The highest BCUT2D eigenvalue weighted by Crippen LogP contribution is 2.25. The standard InChI is InChI=1S/C14H14FN3O2/c1-8(9-3-2-4-10(15)7-9)18-13-12(16)11(14(19)20)5-6-17-13/h2-8H,16H2,1H3,(H,17,18)(H,19,20). The fraction of sp³-hybridized carbons (Fsp3) is 0.143. The van der Waals surface area contributed by atoms with Crippen molar-refractivity contribution in [2.75, 3.05) is 11.1 Å². The van der Waals surface area contributed by atoms with Crippen LogP contribution < -0.4 is 11.1 Å². The zero-order valence-electron chi connectivity index (χ0n) is 10.8. The summed E-state index contributed by atoms with van der Waals surface area (Å²) in [7, 11) is 0. The minimum absolute atomic E-state index is 0.0195. The molecule has 6 heteroatoms. The molecule has 0 aliphatic rings. The van der Waals surface area contributed by atoms with Gasteiger partial charge in [-0.15, -0.1) is 0 Å². The van der Waals surface area contributed by atoms with Gasteiger partial charge in [0, 0.05) is 6.20 Å². The molecular weight excluding hydrogens is 261 g/mol. The molecule has 0 bridgehead atoms. The van der Waals surface area contributed by atoms with Crippen LogP contribution in [0.2, 0.25) is 0 Å². The summed E-state index contributed by atoms with van der Waals surface area (Å²) in [4.78, 5) is 15.0. The highest BCUT2D eigenvalue weighted by molar-refractivity contribution is 5.96. The molecule has 2 aromatic rings. The van der Waals surface area contributed by atoms with Gasteiger partial charge in [0.15, 0.2) is 5.82 Å². The van der Waals surface area contributed by atoms with E-state index in [0.717, 1.165) is 0 Å². The number of nitrogens with two attached hydrogens (primary N) is 1. The van der Waals surface area contributed by atoms with Crippen molar-refractivity contribution < 1.29 is 14.3 Å². The van der Waals surface area contributed by atoms with Crippen LogP contribution in [0.25, 0.3) is 0 Å². The third-order valence-corrected chi connectivity index (χ3v) is 2.92. The minimum Gasteiger partial charge on any atom is -0.478 e. The van der Waals surface area contributed by atoms with Crippen molar-refractivity contribution in [2.24, 2.45) is 0 Å². The maximum atomic E-state index is 13.2. The largest absolute Gasteiger partial charge is 0.478 e. The summed E-state index contributed by atoms with van der Waals surface area (Å²) in [6, 6.07) is 7.19. The van der Waals surface area contributed by atoms with Gasteiger partial charge in [0.05, 0.1) is 17.3 Å². The molecule has 1 aromatic carbocycles. The normalized spacial score (nSPS) is 11.9. The molecule has 1 unspecified atom stereocenters. The summed E-state index contributed by atoms with van der Waals surface area (Å²) >= 11 is 0. The second-order valence-corrected chi connectivity index (χ2v) is 4.35. The van der Waals surface area contributed by atoms with Crippen LogP contribution in [0, 0.1) is 5.82 Å². The van der Waals surface area contributed by atoms with E-state index in [2.05, 4.69) is 10.3 Å². The molecule has 0 spiro atoms. The van der Waals surface area contributed by atoms with Crippen molar-refractivity contribution >= 4 is 17.5 Å². The summed E-state index contributed by atoms with van der Waals surface area (Å²) in [6.07, 6.45) is 1.36. The SMILES string of the molecule is CC(Nc1nccc(C(=O)O)c1N)c1cccc(F)c1. The molecule has 0 aliphatic heterocycles. The van der Waals surface area contributed by atoms with E-state index < -0.39 is 5.97 Å². The number of hydrogen-bond donors (Lipinski definition) is 3. The molecule has 5 nitrogen and oxygen atoms in total. The molecule has 104 valence electrons. The maximum Gasteiger partial charge on any atom is 0.337 e. The summed E-state index contributed by atoms with van der Waals surface area (Å²) in [5.74, 6) is -1.19. The van der Waals surface area contributed by atoms with E-state index in [0.29, 0.717) is 5.56 Å². The number of hydrogen-bond acceptors (Lipinski definition) is 4. The molecule has 1 aromatic heterocycles.